The minimum atomic E-state index is -0.945. The summed E-state index contributed by atoms with van der Waals surface area (Å²) >= 11 is 0. The number of morpholine rings is 1. The van der Waals surface area contributed by atoms with Gasteiger partial charge in [0.15, 0.2) is 0 Å². The smallest absolute Gasteiger partial charge is 0.339 e. The number of aromatic nitrogens is 1. The van der Waals surface area contributed by atoms with Crippen LogP contribution < -0.4 is 4.90 Å². The van der Waals surface area contributed by atoms with E-state index in [-0.39, 0.29) is 11.1 Å². The van der Waals surface area contributed by atoms with E-state index in [1.807, 2.05) is 26.8 Å². The van der Waals surface area contributed by atoms with Crippen LogP contribution in [-0.2, 0) is 4.74 Å². The largest absolute Gasteiger partial charge is 0.478 e. The highest BCUT2D eigenvalue weighted by Gasteiger charge is 2.33. The quantitative estimate of drug-likeness (QED) is 0.865. The predicted octanol–water partition coefficient (Wildman–Crippen LogP) is 1.70. The molecule has 2 rings (SSSR count). The third-order valence-corrected chi connectivity index (χ3v) is 3.19. The molecular weight excluding hydrogens is 232 g/mol. The van der Waals surface area contributed by atoms with Crippen LogP contribution in [-0.4, -0.2) is 41.4 Å². The molecule has 0 atom stereocenters. The molecule has 1 fully saturated rings. The lowest BCUT2D eigenvalue weighted by Crippen LogP contribution is -2.53. The first kappa shape index (κ1) is 12.8. The summed E-state index contributed by atoms with van der Waals surface area (Å²) in [5, 5.41) is 9.26. The van der Waals surface area contributed by atoms with Crippen molar-refractivity contribution < 1.29 is 14.6 Å². The first-order valence-electron chi connectivity index (χ1n) is 5.97. The third kappa shape index (κ3) is 2.31. The Kier molecular flexibility index (Phi) is 3.26. The molecule has 1 aliphatic heterocycles. The SMILES string of the molecule is Cc1cc(N2CCOCC2(C)C)c(C(=O)O)cn1. The molecule has 5 nitrogen and oxygen atoms in total. The molecule has 0 unspecified atom stereocenters. The zero-order chi connectivity index (χ0) is 13.3. The van der Waals surface area contributed by atoms with Crippen molar-refractivity contribution in [3.8, 4) is 0 Å². The van der Waals surface area contributed by atoms with E-state index >= 15 is 0 Å². The molecule has 1 aromatic rings. The fourth-order valence-corrected chi connectivity index (χ4v) is 2.24. The first-order chi connectivity index (χ1) is 8.42. The zero-order valence-corrected chi connectivity index (χ0v) is 10.9. The van der Waals surface area contributed by atoms with Crippen molar-refractivity contribution in [1.29, 1.82) is 0 Å². The minimum absolute atomic E-state index is 0.212. The number of hydrogen-bond acceptors (Lipinski definition) is 4. The number of pyridine rings is 1. The topological polar surface area (TPSA) is 62.7 Å². The fraction of sp³-hybridized carbons (Fsp3) is 0.538. The van der Waals surface area contributed by atoms with Gasteiger partial charge in [0.1, 0.15) is 5.56 Å². The van der Waals surface area contributed by atoms with Crippen LogP contribution in [0.1, 0.15) is 29.9 Å². The highest BCUT2D eigenvalue weighted by Crippen LogP contribution is 2.30. The standard InChI is InChI=1S/C13H18N2O3/c1-9-6-11(10(7-14-9)12(16)17)15-4-5-18-8-13(15,2)3/h6-7H,4-5,8H2,1-3H3,(H,16,17). The molecule has 0 bridgehead atoms. The third-order valence-electron chi connectivity index (χ3n) is 3.19. The average Bonchev–Trinajstić information content (AvgIpc) is 2.27. The van der Waals surface area contributed by atoms with Gasteiger partial charge in [0.25, 0.3) is 0 Å². The Balaban J connectivity index is 2.48. The molecule has 1 N–H and O–H groups in total. The Morgan fingerprint density at radius 3 is 2.89 bits per heavy atom. The van der Waals surface area contributed by atoms with Crippen LogP contribution in [0.25, 0.3) is 0 Å². The highest BCUT2D eigenvalue weighted by molar-refractivity contribution is 5.94. The second kappa shape index (κ2) is 4.57. The molecule has 0 aliphatic carbocycles. The van der Waals surface area contributed by atoms with Crippen molar-refractivity contribution in [2.75, 3.05) is 24.7 Å². The molecule has 98 valence electrons. The van der Waals surface area contributed by atoms with Gasteiger partial charge in [0, 0.05) is 18.4 Å². The molecule has 0 aromatic carbocycles. The van der Waals surface area contributed by atoms with Crippen LogP contribution >= 0.6 is 0 Å². The number of ether oxygens (including phenoxy) is 1. The Labute approximate surface area is 106 Å². The fourth-order valence-electron chi connectivity index (χ4n) is 2.24. The maximum absolute atomic E-state index is 11.3. The number of anilines is 1. The number of rotatable bonds is 2. The number of aryl methyl sites for hydroxylation is 1. The van der Waals surface area contributed by atoms with Crippen molar-refractivity contribution in [2.24, 2.45) is 0 Å². The van der Waals surface area contributed by atoms with Gasteiger partial charge >= 0.3 is 5.97 Å². The minimum Gasteiger partial charge on any atom is -0.478 e. The van der Waals surface area contributed by atoms with E-state index in [1.165, 1.54) is 6.20 Å². The van der Waals surface area contributed by atoms with E-state index < -0.39 is 5.97 Å². The Morgan fingerprint density at radius 2 is 2.28 bits per heavy atom. The van der Waals surface area contributed by atoms with Gasteiger partial charge in [-0.2, -0.15) is 0 Å². The number of carboxylic acid groups (broad SMARTS) is 1. The number of aromatic carboxylic acids is 1. The molecular formula is C13H18N2O3. The molecule has 0 saturated carbocycles. The molecule has 0 amide bonds. The molecule has 1 aliphatic rings. The maximum atomic E-state index is 11.3. The van der Waals surface area contributed by atoms with E-state index in [9.17, 15) is 9.90 Å². The number of carboxylic acids is 1. The van der Waals surface area contributed by atoms with Crippen molar-refractivity contribution in [3.63, 3.8) is 0 Å². The summed E-state index contributed by atoms with van der Waals surface area (Å²) in [6, 6.07) is 1.83. The van der Waals surface area contributed by atoms with E-state index in [0.717, 1.165) is 11.4 Å². The summed E-state index contributed by atoms with van der Waals surface area (Å²) in [6.45, 7) is 7.86. The molecule has 18 heavy (non-hydrogen) atoms. The Hall–Kier alpha value is -1.62. The molecule has 0 spiro atoms. The summed E-state index contributed by atoms with van der Waals surface area (Å²) < 4.78 is 5.46. The molecule has 0 radical (unpaired) electrons. The summed E-state index contributed by atoms with van der Waals surface area (Å²) in [4.78, 5) is 17.4. The maximum Gasteiger partial charge on any atom is 0.339 e. The van der Waals surface area contributed by atoms with Gasteiger partial charge in [-0.25, -0.2) is 4.79 Å². The van der Waals surface area contributed by atoms with Crippen molar-refractivity contribution in [3.05, 3.63) is 23.5 Å². The molecule has 2 heterocycles. The van der Waals surface area contributed by atoms with Crippen molar-refractivity contribution in [1.82, 2.24) is 4.98 Å². The lowest BCUT2D eigenvalue weighted by atomic mass is 10.00. The van der Waals surface area contributed by atoms with E-state index in [4.69, 9.17) is 4.74 Å². The van der Waals surface area contributed by atoms with Crippen LogP contribution in [0.2, 0.25) is 0 Å². The number of carbonyl (C=O) groups is 1. The van der Waals surface area contributed by atoms with Gasteiger partial charge in [-0.05, 0) is 26.8 Å². The monoisotopic (exact) mass is 250 g/mol. The molecule has 1 aromatic heterocycles. The summed E-state index contributed by atoms with van der Waals surface area (Å²) in [5.74, 6) is -0.945. The molecule has 1 saturated heterocycles. The number of nitrogens with zero attached hydrogens (tertiary/aromatic N) is 2. The number of hydrogen-bond donors (Lipinski definition) is 1. The van der Waals surface area contributed by atoms with Crippen LogP contribution in [0.4, 0.5) is 5.69 Å². The molecule has 5 heteroatoms. The van der Waals surface area contributed by atoms with E-state index in [2.05, 4.69) is 9.88 Å². The Morgan fingerprint density at radius 1 is 1.56 bits per heavy atom. The predicted molar refractivity (Wildman–Crippen MR) is 68.2 cm³/mol. The highest BCUT2D eigenvalue weighted by atomic mass is 16.5. The second-order valence-electron chi connectivity index (χ2n) is 5.16. The zero-order valence-electron chi connectivity index (χ0n) is 10.9. The van der Waals surface area contributed by atoms with Gasteiger partial charge in [-0.15, -0.1) is 0 Å². The van der Waals surface area contributed by atoms with Crippen LogP contribution in [0.3, 0.4) is 0 Å². The van der Waals surface area contributed by atoms with Gasteiger partial charge in [-0.3, -0.25) is 4.98 Å². The lowest BCUT2D eigenvalue weighted by Gasteiger charge is -2.44. The van der Waals surface area contributed by atoms with Gasteiger partial charge in [0.2, 0.25) is 0 Å². The van der Waals surface area contributed by atoms with Crippen LogP contribution in [0.15, 0.2) is 12.3 Å². The van der Waals surface area contributed by atoms with Crippen LogP contribution in [0.5, 0.6) is 0 Å². The summed E-state index contributed by atoms with van der Waals surface area (Å²) in [7, 11) is 0. The van der Waals surface area contributed by atoms with Gasteiger partial charge < -0.3 is 14.7 Å². The first-order valence-corrected chi connectivity index (χ1v) is 5.97. The lowest BCUT2D eigenvalue weighted by molar-refractivity contribution is 0.0629. The van der Waals surface area contributed by atoms with E-state index in [1.54, 1.807) is 0 Å². The normalized spacial score (nSPS) is 18.7. The summed E-state index contributed by atoms with van der Waals surface area (Å²) in [5.41, 5.74) is 1.58. The van der Waals surface area contributed by atoms with Crippen molar-refractivity contribution in [2.45, 2.75) is 26.3 Å². The average molecular weight is 250 g/mol. The van der Waals surface area contributed by atoms with Gasteiger partial charge in [0.05, 0.1) is 24.4 Å². The second-order valence-corrected chi connectivity index (χ2v) is 5.16. The van der Waals surface area contributed by atoms with Gasteiger partial charge in [-0.1, -0.05) is 0 Å². The van der Waals surface area contributed by atoms with Crippen molar-refractivity contribution >= 4 is 11.7 Å². The van der Waals surface area contributed by atoms with E-state index in [0.29, 0.717) is 19.8 Å². The Bertz CT molecular complexity index is 471. The van der Waals surface area contributed by atoms with Crippen LogP contribution in [0, 0.1) is 6.92 Å². The summed E-state index contributed by atoms with van der Waals surface area (Å²) in [6.07, 6.45) is 1.43.